The number of nitrogens with one attached hydrogen (secondary N) is 1. The predicted molar refractivity (Wildman–Crippen MR) is 105 cm³/mol. The normalized spacial score (nSPS) is 20.7. The van der Waals surface area contributed by atoms with Gasteiger partial charge in [-0.05, 0) is 39.3 Å². The smallest absolute Gasteiger partial charge is 0.407 e. The Morgan fingerprint density at radius 3 is 2.68 bits per heavy atom. The molecule has 1 amide bonds. The summed E-state index contributed by atoms with van der Waals surface area (Å²) < 4.78 is 30.8. The lowest BCUT2D eigenvalue weighted by Crippen LogP contribution is -2.68. The minimum atomic E-state index is -0.571. The van der Waals surface area contributed by atoms with Gasteiger partial charge in [-0.1, -0.05) is 13.8 Å². The number of amides is 1. The number of morpholine rings is 1. The van der Waals surface area contributed by atoms with Crippen LogP contribution in [0.5, 0.6) is 0 Å². The van der Waals surface area contributed by atoms with Crippen molar-refractivity contribution in [1.29, 1.82) is 0 Å². The molecule has 2 saturated heterocycles. The molecular formula is C20H32FN3O4. The van der Waals surface area contributed by atoms with Crippen molar-refractivity contribution in [1.82, 2.24) is 10.3 Å². The van der Waals surface area contributed by atoms with Crippen LogP contribution in [0.25, 0.3) is 0 Å². The number of carbonyl (C=O) groups is 1. The highest BCUT2D eigenvalue weighted by molar-refractivity contribution is 5.67. The van der Waals surface area contributed by atoms with E-state index in [0.717, 1.165) is 0 Å². The van der Waals surface area contributed by atoms with Crippen LogP contribution < -0.4 is 10.2 Å². The molecule has 1 atom stereocenters. The van der Waals surface area contributed by atoms with E-state index in [1.807, 2.05) is 25.7 Å². The van der Waals surface area contributed by atoms with Gasteiger partial charge in [-0.15, -0.1) is 0 Å². The van der Waals surface area contributed by atoms with Crippen LogP contribution in [-0.4, -0.2) is 54.7 Å². The number of alkyl carbamates (subject to hydrolysis) is 1. The maximum atomic E-state index is 14.4. The lowest BCUT2D eigenvalue weighted by atomic mass is 9.90. The Kier molecular flexibility index (Phi) is 7.22. The molecule has 3 heterocycles. The summed E-state index contributed by atoms with van der Waals surface area (Å²) in [5.41, 5.74) is 0.161. The number of hydrogen-bond donors (Lipinski definition) is 1. The van der Waals surface area contributed by atoms with Crippen LogP contribution in [0.15, 0.2) is 12.3 Å². The molecule has 158 valence electrons. The molecule has 0 bridgehead atoms. The van der Waals surface area contributed by atoms with E-state index < -0.39 is 17.6 Å². The predicted octanol–water partition coefficient (Wildman–Crippen LogP) is 3.27. The van der Waals surface area contributed by atoms with Crippen LogP contribution in [0.1, 0.15) is 47.1 Å². The summed E-state index contributed by atoms with van der Waals surface area (Å²) in [7, 11) is 0. The monoisotopic (exact) mass is 397 g/mol. The molecule has 2 aliphatic rings. The second kappa shape index (κ2) is 9.05. The van der Waals surface area contributed by atoms with Gasteiger partial charge in [0.25, 0.3) is 0 Å². The van der Waals surface area contributed by atoms with E-state index >= 15 is 0 Å². The number of pyridine rings is 1. The Labute approximate surface area is 166 Å². The summed E-state index contributed by atoms with van der Waals surface area (Å²) in [4.78, 5) is 17.6. The zero-order valence-corrected chi connectivity index (χ0v) is 17.7. The van der Waals surface area contributed by atoms with Gasteiger partial charge in [0.1, 0.15) is 11.2 Å². The summed E-state index contributed by atoms with van der Waals surface area (Å²) in [6, 6.07) is 1.68. The third kappa shape index (κ3) is 5.11. The van der Waals surface area contributed by atoms with Crippen molar-refractivity contribution in [3.05, 3.63) is 23.8 Å². The summed E-state index contributed by atoms with van der Waals surface area (Å²) >= 11 is 0. The van der Waals surface area contributed by atoms with Gasteiger partial charge >= 0.3 is 6.09 Å². The Bertz CT molecular complexity index is 674. The molecular weight excluding hydrogens is 365 g/mol. The lowest BCUT2D eigenvalue weighted by molar-refractivity contribution is -0.228. The first-order valence-electron chi connectivity index (χ1n) is 9.80. The first-order chi connectivity index (χ1) is 13.2. The van der Waals surface area contributed by atoms with E-state index in [0.29, 0.717) is 37.6 Å². The molecule has 2 aliphatic heterocycles. The fraction of sp³-hybridized carbons (Fsp3) is 0.700. The standard InChI is InChI=1S/C18H26FN3O4.C2H6/c1-12-18(10-24-11-18)25-6-5-22(12)14-7-13(8-20-15(14)19)9-21-16(23)26-17(2,3)4;1-2/h7-8,12H,5-6,9-11H2,1-4H3,(H,21,23);1-2H3. The van der Waals surface area contributed by atoms with Gasteiger partial charge < -0.3 is 24.4 Å². The average Bonchev–Trinajstić information content (AvgIpc) is 2.60. The number of ether oxygens (including phenoxy) is 3. The highest BCUT2D eigenvalue weighted by Gasteiger charge is 2.50. The van der Waals surface area contributed by atoms with E-state index in [1.165, 1.54) is 6.20 Å². The highest BCUT2D eigenvalue weighted by atomic mass is 19.1. The number of aromatic nitrogens is 1. The summed E-state index contributed by atoms with van der Waals surface area (Å²) in [5.74, 6) is -0.532. The largest absolute Gasteiger partial charge is 0.444 e. The molecule has 1 aromatic rings. The number of nitrogens with zero attached hydrogens (tertiary/aromatic N) is 2. The number of carbonyl (C=O) groups excluding carboxylic acids is 1. The minimum absolute atomic E-state index is 0.0321. The molecule has 3 rings (SSSR count). The van der Waals surface area contributed by atoms with Crippen LogP contribution in [0.2, 0.25) is 0 Å². The van der Waals surface area contributed by atoms with Crippen molar-refractivity contribution in [2.24, 2.45) is 0 Å². The van der Waals surface area contributed by atoms with Gasteiger partial charge in [0.05, 0.1) is 31.5 Å². The maximum absolute atomic E-state index is 14.4. The van der Waals surface area contributed by atoms with E-state index in [9.17, 15) is 9.18 Å². The van der Waals surface area contributed by atoms with Crippen LogP contribution in [0, 0.1) is 5.95 Å². The topological polar surface area (TPSA) is 72.9 Å². The second-order valence-corrected chi connectivity index (χ2v) is 7.78. The lowest BCUT2D eigenvalue weighted by Gasteiger charge is -2.53. The van der Waals surface area contributed by atoms with E-state index in [-0.39, 0.29) is 18.2 Å². The Hall–Kier alpha value is -1.93. The van der Waals surface area contributed by atoms with Gasteiger partial charge in [-0.25, -0.2) is 9.78 Å². The van der Waals surface area contributed by atoms with Crippen molar-refractivity contribution in [3.8, 4) is 0 Å². The van der Waals surface area contributed by atoms with Crippen LogP contribution in [0.4, 0.5) is 14.9 Å². The third-order valence-electron chi connectivity index (χ3n) is 4.67. The SMILES string of the molecule is CC.CC1N(c2cc(CNC(=O)OC(C)(C)C)cnc2F)CCOC12COC2. The molecule has 0 saturated carbocycles. The van der Waals surface area contributed by atoms with Crippen LogP contribution >= 0.6 is 0 Å². The van der Waals surface area contributed by atoms with Crippen molar-refractivity contribution >= 4 is 11.8 Å². The van der Waals surface area contributed by atoms with Gasteiger partial charge in [0.2, 0.25) is 5.95 Å². The van der Waals surface area contributed by atoms with Crippen molar-refractivity contribution in [2.75, 3.05) is 31.3 Å². The quantitative estimate of drug-likeness (QED) is 0.790. The van der Waals surface area contributed by atoms with Gasteiger partial charge in [0.15, 0.2) is 0 Å². The van der Waals surface area contributed by atoms with E-state index in [1.54, 1.807) is 26.8 Å². The number of rotatable bonds is 3. The molecule has 2 fully saturated rings. The summed E-state index contributed by atoms with van der Waals surface area (Å²) in [6.45, 7) is 13.7. The maximum Gasteiger partial charge on any atom is 0.407 e. The number of hydrogen-bond acceptors (Lipinski definition) is 6. The molecule has 7 nitrogen and oxygen atoms in total. The highest BCUT2D eigenvalue weighted by Crippen LogP contribution is 2.35. The second-order valence-electron chi connectivity index (χ2n) is 7.78. The molecule has 1 aromatic heterocycles. The van der Waals surface area contributed by atoms with Crippen molar-refractivity contribution < 1.29 is 23.4 Å². The zero-order valence-electron chi connectivity index (χ0n) is 17.7. The number of anilines is 1. The van der Waals surface area contributed by atoms with Gasteiger partial charge in [-0.3, -0.25) is 0 Å². The molecule has 8 heteroatoms. The molecule has 1 N–H and O–H groups in total. The fourth-order valence-electron chi connectivity index (χ4n) is 3.17. The van der Waals surface area contributed by atoms with Crippen molar-refractivity contribution in [2.45, 2.75) is 65.3 Å². The van der Waals surface area contributed by atoms with Gasteiger partial charge in [0, 0.05) is 19.3 Å². The van der Waals surface area contributed by atoms with E-state index in [4.69, 9.17) is 14.2 Å². The number of halogens is 1. The minimum Gasteiger partial charge on any atom is -0.444 e. The molecule has 28 heavy (non-hydrogen) atoms. The van der Waals surface area contributed by atoms with Gasteiger partial charge in [-0.2, -0.15) is 4.39 Å². The summed E-state index contributed by atoms with van der Waals surface area (Å²) in [6.07, 6.45) is 0.900. The Morgan fingerprint density at radius 1 is 1.43 bits per heavy atom. The first kappa shape index (κ1) is 22.4. The molecule has 1 unspecified atom stereocenters. The van der Waals surface area contributed by atoms with E-state index in [2.05, 4.69) is 10.3 Å². The molecule has 1 spiro atoms. The summed E-state index contributed by atoms with van der Waals surface area (Å²) in [5, 5.41) is 2.67. The first-order valence-corrected chi connectivity index (χ1v) is 9.80. The van der Waals surface area contributed by atoms with Crippen LogP contribution in [0.3, 0.4) is 0 Å². The van der Waals surface area contributed by atoms with Crippen LogP contribution in [-0.2, 0) is 20.8 Å². The Balaban J connectivity index is 0.00000136. The fourth-order valence-corrected chi connectivity index (χ4v) is 3.17. The average molecular weight is 397 g/mol. The molecule has 0 aliphatic carbocycles. The molecule has 0 radical (unpaired) electrons. The zero-order chi connectivity index (χ0) is 20.9. The third-order valence-corrected chi connectivity index (χ3v) is 4.67. The van der Waals surface area contributed by atoms with Crippen molar-refractivity contribution in [3.63, 3.8) is 0 Å². The Morgan fingerprint density at radius 2 is 2.11 bits per heavy atom. The molecule has 0 aromatic carbocycles.